The minimum atomic E-state index is -0.508. The number of carbonyl (C=O) groups is 1. The molecule has 0 aromatic carbocycles. The van der Waals surface area contributed by atoms with E-state index in [1.165, 1.54) is 0 Å². The number of aliphatic hydroxyl groups excluding tert-OH is 1. The maximum absolute atomic E-state index is 10.6. The molecular weight excluding hydrogens is 168 g/mol. The summed E-state index contributed by atoms with van der Waals surface area (Å²) in [5.41, 5.74) is 5.30. The van der Waals surface area contributed by atoms with Gasteiger partial charge in [0.05, 0.1) is 11.8 Å². The number of rotatable bonds is 3. The highest BCUT2D eigenvalue weighted by Crippen LogP contribution is 2.18. The summed E-state index contributed by atoms with van der Waals surface area (Å²) in [7, 11) is 0. The van der Waals surface area contributed by atoms with E-state index in [0.717, 1.165) is 25.7 Å². The third-order valence-electron chi connectivity index (χ3n) is 2.37. The highest BCUT2D eigenvalue weighted by Gasteiger charge is 2.19. The normalized spacial score (nSPS) is 28.1. The third-order valence-corrected chi connectivity index (χ3v) is 2.37. The summed E-state index contributed by atoms with van der Waals surface area (Å²) >= 11 is 0. The van der Waals surface area contributed by atoms with Crippen molar-refractivity contribution in [1.29, 1.82) is 0 Å². The monoisotopic (exact) mass is 184 g/mol. The van der Waals surface area contributed by atoms with Crippen LogP contribution in [0.2, 0.25) is 0 Å². The first-order chi connectivity index (χ1) is 6.09. The number of nitrogens with two attached hydrogens (primary N) is 1. The minimum Gasteiger partial charge on any atom is -0.393 e. The van der Waals surface area contributed by atoms with Crippen LogP contribution in [0.1, 0.15) is 25.7 Å². The summed E-state index contributed by atoms with van der Waals surface area (Å²) in [4.78, 5) is 10.6. The molecule has 0 spiro atoms. The maximum atomic E-state index is 10.6. The standard InChI is InChI=1S/C9H16N2O2/c1-6(9(10)13)11-7-2-4-8(12)5-3-7/h7-8,11-12H,1-5H2,(H2,10,13). The lowest BCUT2D eigenvalue weighted by atomic mass is 9.93. The second kappa shape index (κ2) is 4.28. The first-order valence-electron chi connectivity index (χ1n) is 4.53. The number of carbonyl (C=O) groups excluding carboxylic acids is 1. The fourth-order valence-electron chi connectivity index (χ4n) is 1.54. The van der Waals surface area contributed by atoms with Crippen molar-refractivity contribution in [3.63, 3.8) is 0 Å². The summed E-state index contributed by atoms with van der Waals surface area (Å²) in [5, 5.41) is 12.2. The lowest BCUT2D eigenvalue weighted by Crippen LogP contribution is -2.37. The molecule has 0 aliphatic heterocycles. The van der Waals surface area contributed by atoms with E-state index in [0.29, 0.717) is 0 Å². The Morgan fingerprint density at radius 1 is 1.38 bits per heavy atom. The highest BCUT2D eigenvalue weighted by atomic mass is 16.3. The van der Waals surface area contributed by atoms with Gasteiger partial charge in [-0.15, -0.1) is 0 Å². The zero-order chi connectivity index (χ0) is 9.84. The highest BCUT2D eigenvalue weighted by molar-refractivity contribution is 5.90. The molecule has 0 radical (unpaired) electrons. The number of hydrogen-bond acceptors (Lipinski definition) is 3. The molecule has 0 heterocycles. The minimum absolute atomic E-state index is 0.181. The first-order valence-corrected chi connectivity index (χ1v) is 4.53. The molecule has 0 bridgehead atoms. The molecule has 0 saturated heterocycles. The number of aliphatic hydroxyl groups is 1. The Kier molecular flexibility index (Phi) is 3.31. The van der Waals surface area contributed by atoms with Crippen molar-refractivity contribution in [3.05, 3.63) is 12.3 Å². The molecule has 1 saturated carbocycles. The van der Waals surface area contributed by atoms with E-state index in [-0.39, 0.29) is 17.8 Å². The van der Waals surface area contributed by atoms with Crippen molar-refractivity contribution in [2.45, 2.75) is 37.8 Å². The molecule has 1 fully saturated rings. The van der Waals surface area contributed by atoms with Crippen LogP contribution in [0.25, 0.3) is 0 Å². The van der Waals surface area contributed by atoms with Crippen LogP contribution in [-0.4, -0.2) is 23.2 Å². The van der Waals surface area contributed by atoms with Crippen molar-refractivity contribution in [2.75, 3.05) is 0 Å². The predicted octanol–water partition coefficient (Wildman–Crippen LogP) is -0.122. The lowest BCUT2D eigenvalue weighted by molar-refractivity contribution is -0.115. The molecular formula is C9H16N2O2. The van der Waals surface area contributed by atoms with Crippen molar-refractivity contribution in [1.82, 2.24) is 5.32 Å². The average molecular weight is 184 g/mol. The summed E-state index contributed by atoms with van der Waals surface area (Å²) < 4.78 is 0. The molecule has 4 N–H and O–H groups in total. The molecule has 4 heteroatoms. The topological polar surface area (TPSA) is 75.3 Å². The molecule has 1 amide bonds. The van der Waals surface area contributed by atoms with Gasteiger partial charge in [0, 0.05) is 6.04 Å². The quantitative estimate of drug-likeness (QED) is 0.535. The molecule has 1 rings (SSSR count). The van der Waals surface area contributed by atoms with E-state index in [2.05, 4.69) is 11.9 Å². The van der Waals surface area contributed by atoms with Gasteiger partial charge >= 0.3 is 0 Å². The van der Waals surface area contributed by atoms with E-state index in [9.17, 15) is 9.90 Å². The van der Waals surface area contributed by atoms with E-state index in [1.807, 2.05) is 0 Å². The average Bonchev–Trinajstić information content (AvgIpc) is 2.08. The van der Waals surface area contributed by atoms with Crippen LogP contribution in [0.4, 0.5) is 0 Å². The lowest BCUT2D eigenvalue weighted by Gasteiger charge is -2.26. The van der Waals surface area contributed by atoms with Crippen LogP contribution in [0.15, 0.2) is 12.3 Å². The van der Waals surface area contributed by atoms with Gasteiger partial charge in [-0.3, -0.25) is 4.79 Å². The van der Waals surface area contributed by atoms with E-state index in [1.54, 1.807) is 0 Å². The molecule has 0 unspecified atom stereocenters. The van der Waals surface area contributed by atoms with Crippen LogP contribution in [0.3, 0.4) is 0 Å². The van der Waals surface area contributed by atoms with Crippen LogP contribution in [0.5, 0.6) is 0 Å². The van der Waals surface area contributed by atoms with Crippen molar-refractivity contribution in [3.8, 4) is 0 Å². The van der Waals surface area contributed by atoms with Crippen molar-refractivity contribution >= 4 is 5.91 Å². The molecule has 13 heavy (non-hydrogen) atoms. The van der Waals surface area contributed by atoms with Gasteiger partial charge in [0.15, 0.2) is 0 Å². The molecule has 0 aromatic heterocycles. The second-order valence-corrected chi connectivity index (χ2v) is 3.49. The Bertz CT molecular complexity index is 208. The van der Waals surface area contributed by atoms with Gasteiger partial charge in [-0.2, -0.15) is 0 Å². The fourth-order valence-corrected chi connectivity index (χ4v) is 1.54. The zero-order valence-electron chi connectivity index (χ0n) is 7.62. The largest absolute Gasteiger partial charge is 0.393 e. The van der Waals surface area contributed by atoms with Gasteiger partial charge < -0.3 is 16.2 Å². The SMILES string of the molecule is C=C(NC1CCC(O)CC1)C(N)=O. The van der Waals surface area contributed by atoms with Gasteiger partial charge in [0.1, 0.15) is 0 Å². The Morgan fingerprint density at radius 2 is 1.92 bits per heavy atom. The summed E-state index contributed by atoms with van der Waals surface area (Å²) in [6.07, 6.45) is 3.12. The Hall–Kier alpha value is -1.03. The second-order valence-electron chi connectivity index (χ2n) is 3.49. The maximum Gasteiger partial charge on any atom is 0.264 e. The van der Waals surface area contributed by atoms with Gasteiger partial charge in [0.25, 0.3) is 5.91 Å². The number of amides is 1. The predicted molar refractivity (Wildman–Crippen MR) is 49.7 cm³/mol. The van der Waals surface area contributed by atoms with E-state index in [4.69, 9.17) is 5.73 Å². The molecule has 1 aliphatic rings. The van der Waals surface area contributed by atoms with Crippen LogP contribution in [-0.2, 0) is 4.79 Å². The van der Waals surface area contributed by atoms with Crippen LogP contribution in [0, 0.1) is 0 Å². The Labute approximate surface area is 77.8 Å². The van der Waals surface area contributed by atoms with Gasteiger partial charge in [-0.25, -0.2) is 0 Å². The molecule has 0 atom stereocenters. The van der Waals surface area contributed by atoms with Crippen molar-refractivity contribution in [2.24, 2.45) is 5.73 Å². The summed E-state index contributed by atoms with van der Waals surface area (Å²) in [6.45, 7) is 3.52. The van der Waals surface area contributed by atoms with Crippen LogP contribution >= 0.6 is 0 Å². The van der Waals surface area contributed by atoms with Gasteiger partial charge in [-0.05, 0) is 25.7 Å². The summed E-state index contributed by atoms with van der Waals surface area (Å²) in [6, 6.07) is 0.239. The molecule has 74 valence electrons. The van der Waals surface area contributed by atoms with Crippen molar-refractivity contribution < 1.29 is 9.90 Å². The number of nitrogens with one attached hydrogen (secondary N) is 1. The van der Waals surface area contributed by atoms with Gasteiger partial charge in [-0.1, -0.05) is 6.58 Å². The Morgan fingerprint density at radius 3 is 2.38 bits per heavy atom. The fraction of sp³-hybridized carbons (Fsp3) is 0.667. The third kappa shape index (κ3) is 3.06. The number of primary amides is 1. The molecule has 0 aromatic rings. The number of hydrogen-bond donors (Lipinski definition) is 3. The zero-order valence-corrected chi connectivity index (χ0v) is 7.62. The first kappa shape index (κ1) is 10.1. The summed E-state index contributed by atoms with van der Waals surface area (Å²) in [5.74, 6) is -0.508. The van der Waals surface area contributed by atoms with Crippen LogP contribution < -0.4 is 11.1 Å². The smallest absolute Gasteiger partial charge is 0.264 e. The molecule has 1 aliphatic carbocycles. The molecule has 4 nitrogen and oxygen atoms in total. The van der Waals surface area contributed by atoms with E-state index < -0.39 is 5.91 Å². The van der Waals surface area contributed by atoms with E-state index >= 15 is 0 Å². The van der Waals surface area contributed by atoms with Gasteiger partial charge in [0.2, 0.25) is 0 Å². The Balaban J connectivity index is 2.30.